The van der Waals surface area contributed by atoms with Crippen LogP contribution in [0.1, 0.15) is 5.56 Å². The molecule has 0 aromatic heterocycles. The van der Waals surface area contributed by atoms with E-state index in [1.54, 1.807) is 18.2 Å². The maximum atomic E-state index is 9.77. The van der Waals surface area contributed by atoms with Gasteiger partial charge in [0.05, 0.1) is 6.61 Å². The molecule has 5 atom stereocenters. The predicted molar refractivity (Wildman–Crippen MR) is 73.1 cm³/mol. The number of nitrogens with one attached hydrogen (secondary N) is 1. The molecule has 0 aliphatic carbocycles. The van der Waals surface area contributed by atoms with E-state index in [-0.39, 0.29) is 6.54 Å². The fourth-order valence-electron chi connectivity index (χ4n) is 2.03. The number of benzene rings is 1. The van der Waals surface area contributed by atoms with Crippen LogP contribution in [-0.2, 0) is 16.1 Å². The minimum atomic E-state index is -1.35. The normalized spacial score (nSPS) is 30.5. The van der Waals surface area contributed by atoms with E-state index in [9.17, 15) is 15.3 Å². The number of aliphatic hydroxyl groups excluding tert-OH is 4. The highest BCUT2D eigenvalue weighted by atomic mass is 35.5. The summed E-state index contributed by atoms with van der Waals surface area (Å²) in [7, 11) is 0. The number of aliphatic hydroxyl groups is 4. The highest BCUT2D eigenvalue weighted by Crippen LogP contribution is 2.24. The van der Waals surface area contributed by atoms with Gasteiger partial charge in [0.15, 0.2) is 0 Å². The predicted octanol–water partition coefficient (Wildman–Crippen LogP) is -0.839. The van der Waals surface area contributed by atoms with E-state index in [0.29, 0.717) is 5.02 Å². The van der Waals surface area contributed by atoms with Crippen LogP contribution in [0.5, 0.6) is 0 Å². The van der Waals surface area contributed by atoms with Gasteiger partial charge in [-0.05, 0) is 11.6 Å². The van der Waals surface area contributed by atoms with Crippen molar-refractivity contribution < 1.29 is 30.0 Å². The third-order valence-electron chi connectivity index (χ3n) is 3.24. The Bertz CT molecular complexity index is 462. The van der Waals surface area contributed by atoms with Crippen molar-refractivity contribution in [2.45, 2.75) is 37.3 Å². The summed E-state index contributed by atoms with van der Waals surface area (Å²) < 4.78 is 5.18. The van der Waals surface area contributed by atoms with E-state index in [2.05, 4.69) is 5.48 Å². The first-order chi connectivity index (χ1) is 10.0. The van der Waals surface area contributed by atoms with Crippen LogP contribution in [0.4, 0.5) is 0 Å². The van der Waals surface area contributed by atoms with Gasteiger partial charge in [0, 0.05) is 11.6 Å². The molecule has 1 heterocycles. The largest absolute Gasteiger partial charge is 0.394 e. The molecule has 1 aromatic carbocycles. The molecule has 0 radical (unpaired) electrons. The molecule has 1 aromatic rings. The Kier molecular flexibility index (Phi) is 5.91. The van der Waals surface area contributed by atoms with Gasteiger partial charge in [0.25, 0.3) is 0 Å². The summed E-state index contributed by atoms with van der Waals surface area (Å²) in [6.45, 7) is -0.316. The molecule has 1 aliphatic rings. The number of ether oxygens (including phenoxy) is 1. The molecule has 2 rings (SSSR count). The van der Waals surface area contributed by atoms with Crippen molar-refractivity contribution in [2.75, 3.05) is 6.61 Å². The molecular weight excluding hydrogens is 302 g/mol. The lowest BCUT2D eigenvalue weighted by Crippen LogP contribution is -2.40. The standard InChI is InChI=1S/C13H18ClNO6/c14-8-4-2-1-3-7(8)5-15-21-13-11(19)10(18)12(20-13)9(17)6-16/h1-4,9-13,15-19H,5-6H2/t9-,10+,11+,12+,13+/m0/s1. The van der Waals surface area contributed by atoms with Crippen molar-refractivity contribution in [3.05, 3.63) is 34.9 Å². The van der Waals surface area contributed by atoms with E-state index < -0.39 is 37.3 Å². The summed E-state index contributed by atoms with van der Waals surface area (Å²) >= 11 is 5.98. The molecule has 1 saturated heterocycles. The molecule has 118 valence electrons. The average molecular weight is 320 g/mol. The van der Waals surface area contributed by atoms with Crippen LogP contribution < -0.4 is 5.48 Å². The SMILES string of the molecule is OC[C@H](O)[C@H]1O[C@H](ONCc2ccccc2Cl)[C@H](O)[C@H]1O. The summed E-state index contributed by atoms with van der Waals surface area (Å²) in [4.78, 5) is 5.14. The van der Waals surface area contributed by atoms with Crippen LogP contribution in [0.3, 0.4) is 0 Å². The number of hydrogen-bond donors (Lipinski definition) is 5. The zero-order valence-corrected chi connectivity index (χ0v) is 11.8. The summed E-state index contributed by atoms with van der Waals surface area (Å²) in [6, 6.07) is 7.16. The van der Waals surface area contributed by atoms with Crippen molar-refractivity contribution in [3.63, 3.8) is 0 Å². The second kappa shape index (κ2) is 7.48. The first-order valence-corrected chi connectivity index (χ1v) is 6.85. The van der Waals surface area contributed by atoms with Gasteiger partial charge < -0.3 is 25.2 Å². The van der Waals surface area contributed by atoms with Gasteiger partial charge in [-0.25, -0.2) is 0 Å². The van der Waals surface area contributed by atoms with E-state index in [4.69, 9.17) is 26.3 Å². The van der Waals surface area contributed by atoms with Gasteiger partial charge in [0.2, 0.25) is 6.29 Å². The van der Waals surface area contributed by atoms with E-state index in [1.807, 2.05) is 6.07 Å². The molecule has 7 nitrogen and oxygen atoms in total. The number of hydroxylamine groups is 1. The van der Waals surface area contributed by atoms with Crippen molar-refractivity contribution in [1.29, 1.82) is 0 Å². The van der Waals surface area contributed by atoms with Gasteiger partial charge >= 0.3 is 0 Å². The van der Waals surface area contributed by atoms with Crippen molar-refractivity contribution in [1.82, 2.24) is 5.48 Å². The second-order valence-corrected chi connectivity index (χ2v) is 5.14. The second-order valence-electron chi connectivity index (χ2n) is 4.73. The Labute approximate surface area is 126 Å². The van der Waals surface area contributed by atoms with Gasteiger partial charge in [-0.3, -0.25) is 4.84 Å². The molecule has 5 N–H and O–H groups in total. The highest BCUT2D eigenvalue weighted by Gasteiger charge is 2.46. The van der Waals surface area contributed by atoms with Crippen LogP contribution in [0.2, 0.25) is 5.02 Å². The number of rotatable bonds is 6. The molecular formula is C13H18ClNO6. The molecule has 8 heteroatoms. The van der Waals surface area contributed by atoms with E-state index >= 15 is 0 Å². The number of hydrogen-bond acceptors (Lipinski definition) is 7. The quantitative estimate of drug-likeness (QED) is 0.435. The lowest BCUT2D eigenvalue weighted by molar-refractivity contribution is -0.211. The first kappa shape index (κ1) is 16.6. The highest BCUT2D eigenvalue weighted by molar-refractivity contribution is 6.31. The Morgan fingerprint density at radius 3 is 2.67 bits per heavy atom. The molecule has 1 aliphatic heterocycles. The van der Waals surface area contributed by atoms with Crippen LogP contribution in [0, 0.1) is 0 Å². The van der Waals surface area contributed by atoms with Gasteiger partial charge in [-0.15, -0.1) is 0 Å². The summed E-state index contributed by atoms with van der Waals surface area (Å²) in [5.41, 5.74) is 3.38. The Morgan fingerprint density at radius 1 is 1.29 bits per heavy atom. The average Bonchev–Trinajstić information content (AvgIpc) is 2.77. The summed E-state index contributed by atoms with van der Waals surface area (Å²) in [5.74, 6) is 0. The van der Waals surface area contributed by atoms with E-state index in [0.717, 1.165) is 5.56 Å². The molecule has 0 amide bonds. The zero-order chi connectivity index (χ0) is 15.4. The van der Waals surface area contributed by atoms with Gasteiger partial charge in [-0.1, -0.05) is 29.8 Å². The summed E-state index contributed by atoms with van der Waals surface area (Å²) in [5, 5.41) is 38.4. The number of halogens is 1. The fraction of sp³-hybridized carbons (Fsp3) is 0.538. The Morgan fingerprint density at radius 2 is 2.00 bits per heavy atom. The lowest BCUT2D eigenvalue weighted by atomic mass is 10.1. The topological polar surface area (TPSA) is 111 Å². The maximum absolute atomic E-state index is 9.77. The van der Waals surface area contributed by atoms with Crippen molar-refractivity contribution >= 4 is 11.6 Å². The lowest BCUT2D eigenvalue weighted by Gasteiger charge is -2.18. The van der Waals surface area contributed by atoms with Gasteiger partial charge in [-0.2, -0.15) is 5.48 Å². The van der Waals surface area contributed by atoms with Crippen LogP contribution in [0.25, 0.3) is 0 Å². The maximum Gasteiger partial charge on any atom is 0.206 e. The third kappa shape index (κ3) is 3.91. The minimum Gasteiger partial charge on any atom is -0.394 e. The smallest absolute Gasteiger partial charge is 0.206 e. The first-order valence-electron chi connectivity index (χ1n) is 6.47. The van der Waals surface area contributed by atoms with Gasteiger partial charge in [0.1, 0.15) is 24.4 Å². The molecule has 21 heavy (non-hydrogen) atoms. The molecule has 0 unspecified atom stereocenters. The van der Waals surface area contributed by atoms with Crippen molar-refractivity contribution in [3.8, 4) is 0 Å². The van der Waals surface area contributed by atoms with Crippen LogP contribution in [-0.4, -0.2) is 57.7 Å². The monoisotopic (exact) mass is 319 g/mol. The third-order valence-corrected chi connectivity index (χ3v) is 3.61. The zero-order valence-electron chi connectivity index (χ0n) is 11.1. The molecule has 0 bridgehead atoms. The molecule has 0 saturated carbocycles. The van der Waals surface area contributed by atoms with Crippen molar-refractivity contribution in [2.24, 2.45) is 0 Å². The summed E-state index contributed by atoms with van der Waals surface area (Å²) in [6.07, 6.45) is -6.26. The Hall–Kier alpha value is -0.770. The molecule has 0 spiro atoms. The van der Waals surface area contributed by atoms with Crippen LogP contribution in [0.15, 0.2) is 24.3 Å². The fourth-order valence-corrected chi connectivity index (χ4v) is 2.24. The van der Waals surface area contributed by atoms with E-state index in [1.165, 1.54) is 0 Å². The molecule has 1 fully saturated rings. The minimum absolute atomic E-state index is 0.273. The Balaban J connectivity index is 1.85. The van der Waals surface area contributed by atoms with Crippen LogP contribution >= 0.6 is 11.6 Å².